The highest BCUT2D eigenvalue weighted by atomic mass is 79.9. The first kappa shape index (κ1) is 14.9. The highest BCUT2D eigenvalue weighted by Gasteiger charge is 2.33. The summed E-state index contributed by atoms with van der Waals surface area (Å²) < 4.78 is 18.5. The van der Waals surface area contributed by atoms with Crippen LogP contribution in [0.5, 0.6) is 0 Å². The van der Waals surface area contributed by atoms with E-state index in [1.54, 1.807) is 0 Å². The molecule has 1 aromatic carbocycles. The van der Waals surface area contributed by atoms with Gasteiger partial charge in [0.05, 0.1) is 22.8 Å². The zero-order valence-corrected chi connectivity index (χ0v) is 12.3. The molecule has 0 aromatic heterocycles. The van der Waals surface area contributed by atoms with Crippen molar-refractivity contribution < 1.29 is 23.8 Å². The van der Waals surface area contributed by atoms with Gasteiger partial charge in [-0.3, -0.25) is 4.79 Å². The summed E-state index contributed by atoms with van der Waals surface area (Å²) in [5.74, 6) is -1.69. The van der Waals surface area contributed by atoms with E-state index in [0.717, 1.165) is 6.07 Å². The van der Waals surface area contributed by atoms with Crippen molar-refractivity contribution in [2.24, 2.45) is 5.92 Å². The highest BCUT2D eigenvalue weighted by molar-refractivity contribution is 9.10. The molecule has 0 aliphatic carbocycles. The number of nitrogens with zero attached hydrogens (tertiary/aromatic N) is 1. The maximum absolute atomic E-state index is 13.7. The molecular weight excluding hydrogens is 333 g/mol. The molecule has 1 atom stereocenters. The minimum atomic E-state index is -0.652. The molecule has 5 nitrogen and oxygen atoms in total. The van der Waals surface area contributed by atoms with Crippen molar-refractivity contribution in [1.82, 2.24) is 0 Å². The van der Waals surface area contributed by atoms with Crippen molar-refractivity contribution in [2.45, 2.75) is 6.42 Å². The fourth-order valence-electron chi connectivity index (χ4n) is 2.17. The van der Waals surface area contributed by atoms with Crippen molar-refractivity contribution in [3.8, 4) is 0 Å². The Labute approximate surface area is 123 Å². The predicted molar refractivity (Wildman–Crippen MR) is 73.0 cm³/mol. The molecule has 0 saturated carbocycles. The molecule has 1 heterocycles. The van der Waals surface area contributed by atoms with Crippen molar-refractivity contribution >= 4 is 33.5 Å². The second-order valence-corrected chi connectivity index (χ2v) is 5.39. The molecule has 1 fully saturated rings. The molecule has 20 heavy (non-hydrogen) atoms. The summed E-state index contributed by atoms with van der Waals surface area (Å²) in [6, 6.07) is 2.41. The van der Waals surface area contributed by atoms with Gasteiger partial charge in [0, 0.05) is 25.5 Å². The number of benzene rings is 1. The number of methoxy groups -OCH3 is 1. The topological polar surface area (TPSA) is 66.8 Å². The van der Waals surface area contributed by atoms with Crippen LogP contribution < -0.4 is 4.90 Å². The summed E-state index contributed by atoms with van der Waals surface area (Å²) >= 11 is 3.00. The maximum Gasteiger partial charge on any atom is 0.340 e. The molecule has 1 aliphatic heterocycles. The third-order valence-corrected chi connectivity index (χ3v) is 3.81. The first-order chi connectivity index (χ1) is 9.47. The average Bonchev–Trinajstić information content (AvgIpc) is 2.81. The molecule has 2 rings (SSSR count). The third kappa shape index (κ3) is 2.69. The van der Waals surface area contributed by atoms with Crippen LogP contribution in [0, 0.1) is 11.7 Å². The van der Waals surface area contributed by atoms with Crippen LogP contribution in [0.2, 0.25) is 0 Å². The predicted octanol–water partition coefficient (Wildman–Crippen LogP) is 1.72. The van der Waals surface area contributed by atoms with E-state index in [2.05, 4.69) is 20.7 Å². The van der Waals surface area contributed by atoms with E-state index < -0.39 is 11.8 Å². The fraction of sp³-hybridized carbons (Fsp3) is 0.385. The molecule has 0 radical (unpaired) electrons. The van der Waals surface area contributed by atoms with Crippen LogP contribution >= 0.6 is 15.9 Å². The number of esters is 1. The van der Waals surface area contributed by atoms with E-state index >= 15 is 0 Å². The smallest absolute Gasteiger partial charge is 0.340 e. The molecule has 1 saturated heterocycles. The van der Waals surface area contributed by atoms with Gasteiger partial charge in [0.15, 0.2) is 0 Å². The number of hydrogen-bond donors (Lipinski definition) is 1. The monoisotopic (exact) mass is 345 g/mol. The third-order valence-electron chi connectivity index (χ3n) is 3.20. The molecule has 108 valence electrons. The molecule has 7 heteroatoms. The second-order valence-electron chi connectivity index (χ2n) is 4.53. The number of halogens is 2. The molecule has 1 N–H and O–H groups in total. The normalized spacial score (nSPS) is 18.5. The van der Waals surface area contributed by atoms with E-state index in [9.17, 15) is 14.0 Å². The number of hydrogen-bond acceptors (Lipinski definition) is 4. The zero-order valence-electron chi connectivity index (χ0n) is 10.7. The van der Waals surface area contributed by atoms with Gasteiger partial charge in [-0.2, -0.15) is 0 Å². The minimum Gasteiger partial charge on any atom is -0.465 e. The molecule has 1 aromatic rings. The number of anilines is 1. The number of aliphatic hydroxyl groups is 1. The van der Waals surface area contributed by atoms with Crippen LogP contribution in [0.15, 0.2) is 16.6 Å². The van der Waals surface area contributed by atoms with E-state index in [-0.39, 0.29) is 47.1 Å². The van der Waals surface area contributed by atoms with Gasteiger partial charge in [-0.15, -0.1) is 0 Å². The number of ether oxygens (including phenoxy) is 1. The van der Waals surface area contributed by atoms with Gasteiger partial charge < -0.3 is 14.7 Å². The highest BCUT2D eigenvalue weighted by Crippen LogP contribution is 2.32. The number of aliphatic hydroxyl groups excluding tert-OH is 1. The van der Waals surface area contributed by atoms with Crippen LogP contribution in [0.4, 0.5) is 10.1 Å². The van der Waals surface area contributed by atoms with Crippen molar-refractivity contribution in [3.05, 3.63) is 28.0 Å². The van der Waals surface area contributed by atoms with Gasteiger partial charge in [0.1, 0.15) is 5.82 Å². The van der Waals surface area contributed by atoms with Gasteiger partial charge in [-0.05, 0) is 28.1 Å². The fourth-order valence-corrected chi connectivity index (χ4v) is 2.51. The largest absolute Gasteiger partial charge is 0.465 e. The molecule has 1 aliphatic rings. The molecular formula is C13H13BrFNO4. The van der Waals surface area contributed by atoms with Crippen molar-refractivity contribution in [1.29, 1.82) is 0 Å². The quantitative estimate of drug-likeness (QED) is 0.847. The van der Waals surface area contributed by atoms with Crippen LogP contribution in [0.3, 0.4) is 0 Å². The van der Waals surface area contributed by atoms with E-state index in [1.165, 1.54) is 18.1 Å². The number of amides is 1. The summed E-state index contributed by atoms with van der Waals surface area (Å²) in [5, 5.41) is 9.12. The van der Waals surface area contributed by atoms with Gasteiger partial charge in [0.25, 0.3) is 0 Å². The van der Waals surface area contributed by atoms with Crippen LogP contribution in [-0.2, 0) is 9.53 Å². The Morgan fingerprint density at radius 2 is 2.30 bits per heavy atom. The lowest BCUT2D eigenvalue weighted by atomic mass is 10.1. The van der Waals surface area contributed by atoms with Gasteiger partial charge in [-0.1, -0.05) is 0 Å². The summed E-state index contributed by atoms with van der Waals surface area (Å²) in [7, 11) is 1.21. The second kappa shape index (κ2) is 5.88. The lowest BCUT2D eigenvalue weighted by Gasteiger charge is -2.20. The zero-order chi connectivity index (χ0) is 14.9. The van der Waals surface area contributed by atoms with Crippen LogP contribution in [-0.4, -0.2) is 37.2 Å². The van der Waals surface area contributed by atoms with E-state index in [1.807, 2.05) is 0 Å². The Morgan fingerprint density at radius 3 is 2.85 bits per heavy atom. The molecule has 1 unspecified atom stereocenters. The Bertz CT molecular complexity index is 564. The Kier molecular flexibility index (Phi) is 4.39. The van der Waals surface area contributed by atoms with Crippen LogP contribution in [0.25, 0.3) is 0 Å². The van der Waals surface area contributed by atoms with Gasteiger partial charge >= 0.3 is 5.97 Å². The number of rotatable bonds is 3. The van der Waals surface area contributed by atoms with Crippen molar-refractivity contribution in [2.75, 3.05) is 25.2 Å². The molecule has 1 amide bonds. The Balaban J connectivity index is 2.47. The molecule has 0 bridgehead atoms. The van der Waals surface area contributed by atoms with Gasteiger partial charge in [0.2, 0.25) is 5.91 Å². The van der Waals surface area contributed by atoms with Crippen molar-refractivity contribution in [3.63, 3.8) is 0 Å². The summed E-state index contributed by atoms with van der Waals surface area (Å²) in [6.07, 6.45) is 0.175. The summed E-state index contributed by atoms with van der Waals surface area (Å²) in [4.78, 5) is 25.0. The Hall–Kier alpha value is -1.47. The van der Waals surface area contributed by atoms with E-state index in [4.69, 9.17) is 5.11 Å². The van der Waals surface area contributed by atoms with Crippen LogP contribution in [0.1, 0.15) is 16.8 Å². The number of carbonyl (C=O) groups excluding carboxylic acids is 2. The maximum atomic E-state index is 13.7. The summed E-state index contributed by atoms with van der Waals surface area (Å²) in [6.45, 7) is 0.120. The first-order valence-electron chi connectivity index (χ1n) is 5.96. The Morgan fingerprint density at radius 1 is 1.60 bits per heavy atom. The lowest BCUT2D eigenvalue weighted by molar-refractivity contribution is -0.117. The average molecular weight is 346 g/mol. The lowest BCUT2D eigenvalue weighted by Crippen LogP contribution is -2.27. The SMILES string of the molecule is COC(=O)c1cc(Br)c(F)cc1N1CC(CO)CC1=O. The van der Waals surface area contributed by atoms with E-state index in [0.29, 0.717) is 0 Å². The summed E-state index contributed by atoms with van der Waals surface area (Å²) in [5.41, 5.74) is 0.270. The minimum absolute atomic E-state index is 0.104. The molecule has 0 spiro atoms. The first-order valence-corrected chi connectivity index (χ1v) is 6.75. The number of carbonyl (C=O) groups is 2. The van der Waals surface area contributed by atoms with Gasteiger partial charge in [-0.25, -0.2) is 9.18 Å². The standard InChI is InChI=1S/C13H13BrFNO4/c1-20-13(19)8-3-9(14)10(15)4-11(8)16-5-7(6-17)2-12(16)18/h3-4,7,17H,2,5-6H2,1H3.